The highest BCUT2D eigenvalue weighted by molar-refractivity contribution is 5.87. The summed E-state index contributed by atoms with van der Waals surface area (Å²) in [6.07, 6.45) is 3.98. The van der Waals surface area contributed by atoms with Gasteiger partial charge >= 0.3 is 0 Å². The summed E-state index contributed by atoms with van der Waals surface area (Å²) < 4.78 is 28.7. The van der Waals surface area contributed by atoms with E-state index in [1.165, 1.54) is 5.56 Å². The summed E-state index contributed by atoms with van der Waals surface area (Å²) >= 11 is 0. The molecule has 1 saturated heterocycles. The highest BCUT2D eigenvalue weighted by Crippen LogP contribution is 2.37. The molecule has 0 atom stereocenters. The van der Waals surface area contributed by atoms with E-state index in [1.54, 1.807) is 0 Å². The van der Waals surface area contributed by atoms with E-state index in [1.807, 2.05) is 37.3 Å². The van der Waals surface area contributed by atoms with E-state index in [0.717, 1.165) is 67.1 Å². The number of furan rings is 1. The van der Waals surface area contributed by atoms with Gasteiger partial charge in [0.05, 0.1) is 12.0 Å². The van der Waals surface area contributed by atoms with E-state index in [4.69, 9.17) is 23.0 Å². The minimum Gasteiger partial charge on any atom is -0.493 e. The van der Waals surface area contributed by atoms with Gasteiger partial charge < -0.3 is 27.9 Å². The molecule has 190 valence electrons. The topological polar surface area (TPSA) is 83.0 Å². The minimum atomic E-state index is 0. The third kappa shape index (κ3) is 5.01. The van der Waals surface area contributed by atoms with Gasteiger partial charge in [-0.2, -0.15) is 0 Å². The fourth-order valence-corrected chi connectivity index (χ4v) is 4.89. The van der Waals surface area contributed by atoms with Gasteiger partial charge in [-0.15, -0.1) is 22.6 Å². The van der Waals surface area contributed by atoms with Crippen molar-refractivity contribution in [1.82, 2.24) is 15.1 Å². The molecule has 1 fully saturated rings. The summed E-state index contributed by atoms with van der Waals surface area (Å²) in [4.78, 5) is 2.53. The van der Waals surface area contributed by atoms with Crippen LogP contribution in [0.25, 0.3) is 22.6 Å². The van der Waals surface area contributed by atoms with Crippen LogP contribution < -0.4 is 14.2 Å². The van der Waals surface area contributed by atoms with Crippen molar-refractivity contribution in [1.29, 1.82) is 0 Å². The number of aromatic nitrogens is 2. The SMILES string of the molecule is CCc1nnc(-c2cc3c(OCCCN4CCC(c5ccc6c(c5)OCO6)CC4)cccc3o2)o1.Cl. The first-order chi connectivity index (χ1) is 17.3. The summed E-state index contributed by atoms with van der Waals surface area (Å²) in [5.74, 6) is 4.68. The van der Waals surface area contributed by atoms with E-state index in [0.29, 0.717) is 43.3 Å². The van der Waals surface area contributed by atoms with Crippen LogP contribution in [0.2, 0.25) is 0 Å². The molecule has 0 aliphatic carbocycles. The van der Waals surface area contributed by atoms with Crippen molar-refractivity contribution >= 4 is 23.4 Å². The first kappa shape index (κ1) is 24.5. The number of rotatable bonds is 8. The molecule has 2 aliphatic heterocycles. The van der Waals surface area contributed by atoms with Crippen LogP contribution in [0.3, 0.4) is 0 Å². The van der Waals surface area contributed by atoms with E-state index in [2.05, 4.69) is 27.2 Å². The van der Waals surface area contributed by atoms with Crippen LogP contribution in [0, 0.1) is 0 Å². The minimum absolute atomic E-state index is 0. The Morgan fingerprint density at radius 1 is 1.00 bits per heavy atom. The van der Waals surface area contributed by atoms with Crippen molar-refractivity contribution in [3.05, 3.63) is 53.9 Å². The molecule has 2 aromatic carbocycles. The summed E-state index contributed by atoms with van der Waals surface area (Å²) in [5, 5.41) is 9.02. The Morgan fingerprint density at radius 2 is 1.86 bits per heavy atom. The van der Waals surface area contributed by atoms with Gasteiger partial charge in [0, 0.05) is 19.0 Å². The second kappa shape index (κ2) is 10.8. The average Bonchev–Trinajstić information content (AvgIpc) is 3.65. The highest BCUT2D eigenvalue weighted by Gasteiger charge is 2.23. The van der Waals surface area contributed by atoms with Crippen molar-refractivity contribution in [3.8, 4) is 28.9 Å². The second-order valence-electron chi connectivity index (χ2n) is 9.06. The van der Waals surface area contributed by atoms with Crippen LogP contribution >= 0.6 is 12.4 Å². The molecule has 0 spiro atoms. The van der Waals surface area contributed by atoms with Gasteiger partial charge in [-0.25, -0.2) is 0 Å². The lowest BCUT2D eigenvalue weighted by atomic mass is 9.89. The monoisotopic (exact) mass is 511 g/mol. The summed E-state index contributed by atoms with van der Waals surface area (Å²) in [7, 11) is 0. The third-order valence-electron chi connectivity index (χ3n) is 6.83. The Bertz CT molecular complexity index is 1310. The molecular formula is C27H30ClN3O5. The zero-order valence-electron chi connectivity index (χ0n) is 20.3. The standard InChI is InChI=1S/C27H29N3O5.ClH/c1-2-26-28-29-27(35-26)25-16-20-21(5-3-6-22(20)34-25)31-14-4-11-30-12-9-18(10-13-30)19-7-8-23-24(15-19)33-17-32-23;/h3,5-8,15-16,18H,2,4,9-14,17H2,1H3;1H. The molecule has 36 heavy (non-hydrogen) atoms. The average molecular weight is 512 g/mol. The van der Waals surface area contributed by atoms with Crippen molar-refractivity contribution in [2.45, 2.75) is 38.5 Å². The Labute approximate surface area is 215 Å². The maximum atomic E-state index is 6.14. The maximum absolute atomic E-state index is 6.14. The van der Waals surface area contributed by atoms with E-state index >= 15 is 0 Å². The maximum Gasteiger partial charge on any atom is 0.283 e. The molecule has 8 nitrogen and oxygen atoms in total. The van der Waals surface area contributed by atoms with Gasteiger partial charge in [0.25, 0.3) is 5.89 Å². The third-order valence-corrected chi connectivity index (χ3v) is 6.83. The fourth-order valence-electron chi connectivity index (χ4n) is 4.89. The van der Waals surface area contributed by atoms with Crippen LogP contribution in [0.1, 0.15) is 43.6 Å². The van der Waals surface area contributed by atoms with Gasteiger partial charge in [-0.05, 0) is 68.1 Å². The molecule has 0 unspecified atom stereocenters. The predicted molar refractivity (Wildman–Crippen MR) is 137 cm³/mol. The lowest BCUT2D eigenvalue weighted by molar-refractivity contribution is 0.173. The van der Waals surface area contributed by atoms with E-state index in [-0.39, 0.29) is 12.4 Å². The van der Waals surface area contributed by atoms with Gasteiger partial charge in [0.15, 0.2) is 17.3 Å². The molecule has 0 radical (unpaired) electrons. The number of halogens is 1. The Balaban J connectivity index is 0.00000267. The van der Waals surface area contributed by atoms with Gasteiger partial charge in [0.1, 0.15) is 11.3 Å². The number of hydrogen-bond donors (Lipinski definition) is 0. The molecule has 2 aliphatic rings. The molecule has 6 rings (SSSR count). The molecular weight excluding hydrogens is 482 g/mol. The molecule has 4 aromatic rings. The first-order valence-corrected chi connectivity index (χ1v) is 12.4. The molecule has 0 bridgehead atoms. The molecule has 9 heteroatoms. The van der Waals surface area contributed by atoms with Crippen LogP contribution in [0.15, 0.2) is 51.3 Å². The Hall–Kier alpha value is -3.23. The van der Waals surface area contributed by atoms with Crippen molar-refractivity contribution in [3.63, 3.8) is 0 Å². The number of fused-ring (bicyclic) bond motifs is 2. The Kier molecular flexibility index (Phi) is 7.34. The zero-order valence-corrected chi connectivity index (χ0v) is 21.1. The summed E-state index contributed by atoms with van der Waals surface area (Å²) in [6, 6.07) is 14.1. The zero-order chi connectivity index (χ0) is 23.6. The van der Waals surface area contributed by atoms with Crippen molar-refractivity contribution in [2.75, 3.05) is 33.0 Å². The lowest BCUT2D eigenvalue weighted by Crippen LogP contribution is -2.34. The molecule has 4 heterocycles. The van der Waals surface area contributed by atoms with Crippen LogP contribution in [0.5, 0.6) is 17.2 Å². The fraction of sp³-hybridized carbons (Fsp3) is 0.407. The quantitative estimate of drug-likeness (QED) is 0.273. The van der Waals surface area contributed by atoms with E-state index in [9.17, 15) is 0 Å². The Morgan fingerprint density at radius 3 is 2.69 bits per heavy atom. The predicted octanol–water partition coefficient (Wildman–Crippen LogP) is 5.84. The number of nitrogens with zero attached hydrogens (tertiary/aromatic N) is 3. The van der Waals surface area contributed by atoms with Crippen molar-refractivity contribution < 1.29 is 23.0 Å². The van der Waals surface area contributed by atoms with Crippen LogP contribution in [-0.4, -0.2) is 48.1 Å². The summed E-state index contributed by atoms with van der Waals surface area (Å²) in [5.41, 5.74) is 2.11. The molecule has 0 saturated carbocycles. The molecule has 0 amide bonds. The largest absolute Gasteiger partial charge is 0.493 e. The van der Waals surface area contributed by atoms with Gasteiger partial charge in [-0.3, -0.25) is 0 Å². The smallest absolute Gasteiger partial charge is 0.283 e. The van der Waals surface area contributed by atoms with Gasteiger partial charge in [0.2, 0.25) is 12.7 Å². The lowest BCUT2D eigenvalue weighted by Gasteiger charge is -2.32. The molecule has 0 N–H and O–H groups in total. The number of aryl methyl sites for hydroxylation is 1. The van der Waals surface area contributed by atoms with Gasteiger partial charge in [-0.1, -0.05) is 19.1 Å². The van der Waals surface area contributed by atoms with Crippen molar-refractivity contribution in [2.24, 2.45) is 0 Å². The number of likely N-dealkylation sites (tertiary alicyclic amines) is 1. The number of piperidine rings is 1. The van der Waals surface area contributed by atoms with Crippen LogP contribution in [-0.2, 0) is 6.42 Å². The molecule has 2 aromatic heterocycles. The second-order valence-corrected chi connectivity index (χ2v) is 9.06. The summed E-state index contributed by atoms with van der Waals surface area (Å²) in [6.45, 7) is 6.19. The highest BCUT2D eigenvalue weighted by atomic mass is 35.5. The number of benzene rings is 2. The van der Waals surface area contributed by atoms with Crippen LogP contribution in [0.4, 0.5) is 0 Å². The number of ether oxygens (including phenoxy) is 3. The normalized spacial score (nSPS) is 15.8. The van der Waals surface area contributed by atoms with E-state index < -0.39 is 0 Å². The number of hydrogen-bond acceptors (Lipinski definition) is 8. The first-order valence-electron chi connectivity index (χ1n) is 12.4.